The lowest BCUT2D eigenvalue weighted by Gasteiger charge is -2.19. The summed E-state index contributed by atoms with van der Waals surface area (Å²) in [6, 6.07) is 8.46. The molecule has 0 saturated heterocycles. The van der Waals surface area contributed by atoms with Crippen LogP contribution in [-0.2, 0) is 0 Å². The fourth-order valence-corrected chi connectivity index (χ4v) is 2.17. The first-order valence-electron chi connectivity index (χ1n) is 6.47. The van der Waals surface area contributed by atoms with Crippen molar-refractivity contribution in [3.8, 4) is 0 Å². The predicted molar refractivity (Wildman–Crippen MR) is 73.1 cm³/mol. The van der Waals surface area contributed by atoms with Crippen LogP contribution in [0.5, 0.6) is 0 Å². The highest BCUT2D eigenvalue weighted by Crippen LogP contribution is 2.16. The van der Waals surface area contributed by atoms with E-state index in [-0.39, 0.29) is 0 Å². The Kier molecular flexibility index (Phi) is 5.66. The molecular formula is C15H25NO. The minimum Gasteiger partial charge on any atom is -0.387 e. The summed E-state index contributed by atoms with van der Waals surface area (Å²) in [5.74, 6) is 0.688. The first kappa shape index (κ1) is 14.2. The monoisotopic (exact) mass is 235 g/mol. The molecule has 0 aliphatic rings. The summed E-state index contributed by atoms with van der Waals surface area (Å²) in [6.45, 7) is 9.27. The Hall–Kier alpha value is -0.860. The number of aliphatic hydroxyl groups is 1. The number of aliphatic hydroxyl groups excluding tert-OH is 1. The van der Waals surface area contributed by atoms with Crippen LogP contribution in [0.25, 0.3) is 0 Å². The lowest BCUT2D eigenvalue weighted by molar-refractivity contribution is 0.168. The topological polar surface area (TPSA) is 32.3 Å². The van der Waals surface area contributed by atoms with Gasteiger partial charge in [0.1, 0.15) is 0 Å². The highest BCUT2D eigenvalue weighted by atomic mass is 16.3. The summed E-state index contributed by atoms with van der Waals surface area (Å²) in [5, 5.41) is 13.5. The number of hydrogen-bond acceptors (Lipinski definition) is 2. The number of hydrogen-bond donors (Lipinski definition) is 2. The molecule has 2 atom stereocenters. The Bertz CT molecular complexity index is 335. The molecule has 0 saturated carbocycles. The van der Waals surface area contributed by atoms with E-state index in [0.717, 1.165) is 17.5 Å². The minimum atomic E-state index is -0.411. The second-order valence-electron chi connectivity index (χ2n) is 5.31. The van der Waals surface area contributed by atoms with Gasteiger partial charge in [-0.25, -0.2) is 0 Å². The van der Waals surface area contributed by atoms with E-state index < -0.39 is 6.10 Å². The van der Waals surface area contributed by atoms with E-state index in [0.29, 0.717) is 18.5 Å². The molecule has 0 heterocycles. The molecule has 2 nitrogen and oxygen atoms in total. The van der Waals surface area contributed by atoms with Crippen LogP contribution >= 0.6 is 0 Å². The van der Waals surface area contributed by atoms with E-state index in [1.54, 1.807) is 0 Å². The molecule has 0 bridgehead atoms. The van der Waals surface area contributed by atoms with Crippen molar-refractivity contribution in [3.63, 3.8) is 0 Å². The van der Waals surface area contributed by atoms with Gasteiger partial charge in [-0.1, -0.05) is 38.1 Å². The molecule has 0 aliphatic heterocycles. The molecule has 0 aliphatic carbocycles. The van der Waals surface area contributed by atoms with Gasteiger partial charge in [0.05, 0.1) is 6.10 Å². The predicted octanol–water partition coefficient (Wildman–Crippen LogP) is 3.05. The minimum absolute atomic E-state index is 0.411. The molecular weight excluding hydrogens is 210 g/mol. The lowest BCUT2D eigenvalue weighted by atomic mass is 10.0. The van der Waals surface area contributed by atoms with Crippen LogP contribution in [0.1, 0.15) is 44.4 Å². The van der Waals surface area contributed by atoms with Crippen LogP contribution in [0.3, 0.4) is 0 Å². The number of rotatable bonds is 6. The van der Waals surface area contributed by atoms with Crippen LogP contribution in [0, 0.1) is 12.8 Å². The second-order valence-corrected chi connectivity index (χ2v) is 5.31. The normalized spacial score (nSPS) is 14.9. The van der Waals surface area contributed by atoms with Gasteiger partial charge in [-0.2, -0.15) is 0 Å². The van der Waals surface area contributed by atoms with Crippen molar-refractivity contribution in [2.45, 2.75) is 46.3 Å². The van der Waals surface area contributed by atoms with Gasteiger partial charge in [-0.05, 0) is 37.3 Å². The second kappa shape index (κ2) is 6.77. The zero-order valence-corrected chi connectivity index (χ0v) is 11.4. The number of nitrogens with one attached hydrogen (secondary N) is 1. The summed E-state index contributed by atoms with van der Waals surface area (Å²) < 4.78 is 0. The van der Waals surface area contributed by atoms with E-state index in [2.05, 4.69) is 26.1 Å². The first-order valence-corrected chi connectivity index (χ1v) is 6.47. The lowest BCUT2D eigenvalue weighted by Crippen LogP contribution is -2.31. The number of benzene rings is 1. The summed E-state index contributed by atoms with van der Waals surface area (Å²) >= 11 is 0. The van der Waals surface area contributed by atoms with Crippen LogP contribution in [0.4, 0.5) is 0 Å². The SMILES string of the molecule is Cc1ccccc1C(O)CNC(C)CC(C)C. The Labute approximate surface area is 105 Å². The van der Waals surface area contributed by atoms with Gasteiger partial charge in [0, 0.05) is 12.6 Å². The fraction of sp³-hybridized carbons (Fsp3) is 0.600. The molecule has 0 fully saturated rings. The molecule has 2 N–H and O–H groups in total. The van der Waals surface area contributed by atoms with Crippen molar-refractivity contribution in [1.82, 2.24) is 5.32 Å². The summed E-state index contributed by atoms with van der Waals surface area (Å²) in [4.78, 5) is 0. The highest BCUT2D eigenvalue weighted by Gasteiger charge is 2.11. The van der Waals surface area contributed by atoms with Crippen molar-refractivity contribution in [1.29, 1.82) is 0 Å². The third kappa shape index (κ3) is 4.88. The zero-order valence-electron chi connectivity index (χ0n) is 11.4. The van der Waals surface area contributed by atoms with Gasteiger partial charge in [-0.3, -0.25) is 0 Å². The largest absolute Gasteiger partial charge is 0.387 e. The van der Waals surface area contributed by atoms with Gasteiger partial charge in [0.15, 0.2) is 0 Å². The number of aryl methyl sites for hydroxylation is 1. The van der Waals surface area contributed by atoms with Gasteiger partial charge in [0.25, 0.3) is 0 Å². The highest BCUT2D eigenvalue weighted by molar-refractivity contribution is 5.27. The van der Waals surface area contributed by atoms with Crippen LogP contribution in [0.2, 0.25) is 0 Å². The maximum atomic E-state index is 10.1. The molecule has 0 aromatic heterocycles. The fourth-order valence-electron chi connectivity index (χ4n) is 2.17. The van der Waals surface area contributed by atoms with Crippen molar-refractivity contribution in [3.05, 3.63) is 35.4 Å². The molecule has 0 spiro atoms. The van der Waals surface area contributed by atoms with E-state index in [4.69, 9.17) is 0 Å². The van der Waals surface area contributed by atoms with Crippen molar-refractivity contribution >= 4 is 0 Å². The average molecular weight is 235 g/mol. The molecule has 0 radical (unpaired) electrons. The molecule has 1 aromatic rings. The van der Waals surface area contributed by atoms with E-state index in [1.807, 2.05) is 31.2 Å². The molecule has 1 aromatic carbocycles. The summed E-state index contributed by atoms with van der Waals surface area (Å²) in [5.41, 5.74) is 2.18. The first-order chi connectivity index (χ1) is 8.00. The van der Waals surface area contributed by atoms with E-state index in [1.165, 1.54) is 0 Å². The third-order valence-electron chi connectivity index (χ3n) is 3.03. The van der Waals surface area contributed by atoms with Crippen molar-refractivity contribution in [2.75, 3.05) is 6.54 Å². The van der Waals surface area contributed by atoms with Crippen molar-refractivity contribution in [2.24, 2.45) is 5.92 Å². The molecule has 17 heavy (non-hydrogen) atoms. The average Bonchev–Trinajstić information content (AvgIpc) is 2.25. The quantitative estimate of drug-likeness (QED) is 0.794. The standard InChI is InChI=1S/C15H25NO/c1-11(2)9-13(4)16-10-15(17)14-8-6-5-7-12(14)3/h5-8,11,13,15-17H,9-10H2,1-4H3. The molecule has 96 valence electrons. The molecule has 1 rings (SSSR count). The Balaban J connectivity index is 2.45. The smallest absolute Gasteiger partial charge is 0.0917 e. The van der Waals surface area contributed by atoms with E-state index >= 15 is 0 Å². The maximum absolute atomic E-state index is 10.1. The van der Waals surface area contributed by atoms with Gasteiger partial charge in [0.2, 0.25) is 0 Å². The Morgan fingerprint density at radius 2 is 1.82 bits per heavy atom. The summed E-state index contributed by atoms with van der Waals surface area (Å²) in [6.07, 6.45) is 0.728. The van der Waals surface area contributed by atoms with Crippen LogP contribution in [0.15, 0.2) is 24.3 Å². The third-order valence-corrected chi connectivity index (χ3v) is 3.03. The van der Waals surface area contributed by atoms with Crippen LogP contribution in [-0.4, -0.2) is 17.7 Å². The summed E-state index contributed by atoms with van der Waals surface area (Å²) in [7, 11) is 0. The van der Waals surface area contributed by atoms with Crippen molar-refractivity contribution < 1.29 is 5.11 Å². The molecule has 2 heteroatoms. The molecule has 0 amide bonds. The Morgan fingerprint density at radius 3 is 2.41 bits per heavy atom. The molecule has 2 unspecified atom stereocenters. The van der Waals surface area contributed by atoms with Crippen LogP contribution < -0.4 is 5.32 Å². The zero-order chi connectivity index (χ0) is 12.8. The van der Waals surface area contributed by atoms with Gasteiger partial charge < -0.3 is 10.4 Å². The van der Waals surface area contributed by atoms with Gasteiger partial charge in [-0.15, -0.1) is 0 Å². The van der Waals surface area contributed by atoms with Gasteiger partial charge >= 0.3 is 0 Å². The van der Waals surface area contributed by atoms with E-state index in [9.17, 15) is 5.11 Å². The maximum Gasteiger partial charge on any atom is 0.0917 e. The Morgan fingerprint density at radius 1 is 1.18 bits per heavy atom.